The molecule has 3 aromatic carbocycles. The molecule has 54 heavy (non-hydrogen) atoms. The average molecular weight is 812 g/mol. The van der Waals surface area contributed by atoms with Crippen LogP contribution in [-0.2, 0) is 34.9 Å². The van der Waals surface area contributed by atoms with Gasteiger partial charge in [-0.15, -0.1) is 6.42 Å². The molecule has 0 fully saturated rings. The highest BCUT2D eigenvalue weighted by molar-refractivity contribution is 7.87. The third-order valence-electron chi connectivity index (χ3n) is 8.51. The van der Waals surface area contributed by atoms with Crippen molar-refractivity contribution in [2.24, 2.45) is 17.5 Å². The van der Waals surface area contributed by atoms with Crippen LogP contribution in [0.1, 0.15) is 46.9 Å². The maximum absolute atomic E-state index is 14.5. The van der Waals surface area contributed by atoms with Crippen LogP contribution >= 0.6 is 34.7 Å². The molecule has 0 saturated carbocycles. The number of hydrogen-bond donors (Lipinski definition) is 0. The summed E-state index contributed by atoms with van der Waals surface area (Å²) in [5.41, 5.74) is 2.08. The Morgan fingerprint density at radius 1 is 1.15 bits per heavy atom. The van der Waals surface area contributed by atoms with Gasteiger partial charge in [0.25, 0.3) is 5.91 Å². The van der Waals surface area contributed by atoms with Crippen LogP contribution in [0.4, 0.5) is 15.8 Å². The molecular formula is C37H33Cl2FN6O6S2. The van der Waals surface area contributed by atoms with E-state index in [1.807, 2.05) is 11.5 Å². The van der Waals surface area contributed by atoms with Crippen molar-refractivity contribution >= 4 is 67.9 Å². The first-order valence-corrected chi connectivity index (χ1v) is 19.3. The Labute approximate surface area is 325 Å². The van der Waals surface area contributed by atoms with Gasteiger partial charge in [0.05, 0.1) is 22.9 Å². The summed E-state index contributed by atoms with van der Waals surface area (Å²) in [7, 11) is -2.67. The summed E-state index contributed by atoms with van der Waals surface area (Å²) in [6.07, 6.45) is 6.22. The predicted octanol–water partition coefficient (Wildman–Crippen LogP) is 6.60. The summed E-state index contributed by atoms with van der Waals surface area (Å²) in [6, 6.07) is 13.4. The summed E-state index contributed by atoms with van der Waals surface area (Å²) in [5, 5.41) is 4.66. The van der Waals surface area contributed by atoms with Crippen molar-refractivity contribution in [1.29, 1.82) is 0 Å². The molecule has 0 spiro atoms. The Morgan fingerprint density at radius 2 is 1.87 bits per heavy atom. The normalized spacial score (nSPS) is 14.8. The van der Waals surface area contributed by atoms with Gasteiger partial charge in [0.15, 0.2) is 12.4 Å². The lowest BCUT2D eigenvalue weighted by Gasteiger charge is -2.28. The first-order valence-electron chi connectivity index (χ1n) is 16.3. The quantitative estimate of drug-likeness (QED) is 0.102. The summed E-state index contributed by atoms with van der Waals surface area (Å²) < 4.78 is 58.2. The zero-order valence-corrected chi connectivity index (χ0v) is 32.8. The lowest BCUT2D eigenvalue weighted by atomic mass is 9.92. The number of ketones is 1. The lowest BCUT2D eigenvalue weighted by Crippen LogP contribution is -2.39. The number of rotatable bonds is 7. The number of carbonyl (C=O) groups is 2. The van der Waals surface area contributed by atoms with E-state index in [1.54, 1.807) is 19.1 Å². The van der Waals surface area contributed by atoms with Crippen molar-refractivity contribution in [3.8, 4) is 24.0 Å². The maximum Gasteiger partial charge on any atom is 0.340 e. The highest BCUT2D eigenvalue weighted by Gasteiger charge is 2.32. The molecule has 0 aliphatic carbocycles. The second-order valence-corrected chi connectivity index (χ2v) is 16.5. The van der Waals surface area contributed by atoms with Crippen LogP contribution in [0.5, 0.6) is 11.6 Å². The van der Waals surface area contributed by atoms with Crippen molar-refractivity contribution in [2.45, 2.75) is 45.6 Å². The molecule has 7 rings (SSSR count). The van der Waals surface area contributed by atoms with Gasteiger partial charge < -0.3 is 13.5 Å². The molecule has 17 heteroatoms. The highest BCUT2D eigenvalue weighted by atomic mass is 35.5. The van der Waals surface area contributed by atoms with Crippen molar-refractivity contribution in [3.05, 3.63) is 103 Å². The Bertz CT molecular complexity index is 2540. The minimum atomic E-state index is -4.16. The van der Waals surface area contributed by atoms with Gasteiger partial charge in [-0.05, 0) is 55.7 Å². The molecule has 2 aliphatic heterocycles. The van der Waals surface area contributed by atoms with E-state index in [0.29, 0.717) is 27.0 Å². The van der Waals surface area contributed by atoms with E-state index in [2.05, 4.69) is 34.2 Å². The topological polar surface area (TPSA) is 138 Å². The van der Waals surface area contributed by atoms with Gasteiger partial charge in [0.2, 0.25) is 16.5 Å². The van der Waals surface area contributed by atoms with E-state index in [0.717, 1.165) is 24.4 Å². The smallest absolute Gasteiger partial charge is 0.340 e. The van der Waals surface area contributed by atoms with Crippen LogP contribution in [0.2, 0.25) is 10.0 Å². The molecule has 0 atom stereocenters. The number of nitrogens with zero attached hydrogens (tertiary/aromatic N) is 6. The zero-order chi connectivity index (χ0) is 39.1. The third kappa shape index (κ3) is 7.92. The minimum Gasteiger partial charge on any atom is -0.481 e. The molecule has 2 aromatic heterocycles. The van der Waals surface area contributed by atoms with E-state index >= 15 is 0 Å². The van der Waals surface area contributed by atoms with Crippen LogP contribution < -0.4 is 18.6 Å². The monoisotopic (exact) mass is 810 g/mol. The Balaban J connectivity index is 0.000000185. The van der Waals surface area contributed by atoms with Gasteiger partial charge in [-0.25, -0.2) is 14.1 Å². The second-order valence-electron chi connectivity index (χ2n) is 13.4. The van der Waals surface area contributed by atoms with Gasteiger partial charge in [-0.3, -0.25) is 14.5 Å². The van der Waals surface area contributed by atoms with Gasteiger partial charge in [0.1, 0.15) is 27.7 Å². The van der Waals surface area contributed by atoms with Crippen LogP contribution in [0.15, 0.2) is 64.5 Å². The molecule has 1 amide bonds. The molecule has 0 N–H and O–H groups in total. The summed E-state index contributed by atoms with van der Waals surface area (Å²) in [4.78, 5) is 31.6. The molecule has 280 valence electrons. The predicted molar refractivity (Wildman–Crippen MR) is 203 cm³/mol. The van der Waals surface area contributed by atoms with Gasteiger partial charge in [-0.1, -0.05) is 60.7 Å². The largest absolute Gasteiger partial charge is 0.481 e. The number of benzene rings is 3. The average Bonchev–Trinajstić information content (AvgIpc) is 3.70. The standard InChI is InChI=1S/C19H16Cl2N2O4S.C18H17FN4O2S/c1-11-4-7-14(8-5-11)28(25,26)27-19-17(12(2)22-23(19)3)18(24)15-9-6-13(20)10-16(15)21;1-4-5-22-13-7-12(11(19)6-14(13)25-9-16(22)24)20-17-23-10-18(2,3)8-15(23)21-26-17/h4-10H,1-3H3;1,6-7H,5,8-10H2,2-3H3/b;20-17-. The lowest BCUT2D eigenvalue weighted by molar-refractivity contribution is -0.121. The van der Waals surface area contributed by atoms with Gasteiger partial charge >= 0.3 is 10.1 Å². The van der Waals surface area contributed by atoms with Gasteiger partial charge in [-0.2, -0.15) is 17.9 Å². The number of carbonyl (C=O) groups excluding carboxylic acids is 2. The first kappa shape index (κ1) is 38.7. The number of anilines is 1. The van der Waals surface area contributed by atoms with Crippen LogP contribution in [0.3, 0.4) is 0 Å². The molecule has 0 radical (unpaired) electrons. The molecule has 0 unspecified atom stereocenters. The fourth-order valence-corrected chi connectivity index (χ4v) is 8.12. The number of hydrogen-bond acceptors (Lipinski definition) is 10. The summed E-state index contributed by atoms with van der Waals surface area (Å²) >= 11 is 13.3. The number of aromatic nitrogens is 4. The Kier molecular flexibility index (Phi) is 10.8. The highest BCUT2D eigenvalue weighted by Crippen LogP contribution is 2.38. The fraction of sp³-hybridized carbons (Fsp3) is 0.270. The fourth-order valence-electron chi connectivity index (χ4n) is 5.91. The molecule has 12 nitrogen and oxygen atoms in total. The Morgan fingerprint density at radius 3 is 2.56 bits per heavy atom. The molecule has 2 aliphatic rings. The van der Waals surface area contributed by atoms with Crippen LogP contribution in [0, 0.1) is 37.4 Å². The molecule has 0 bridgehead atoms. The Hall–Kier alpha value is -5.01. The number of terminal acetylenes is 1. The third-order valence-corrected chi connectivity index (χ3v) is 11.1. The summed E-state index contributed by atoms with van der Waals surface area (Å²) in [6.45, 7) is 8.48. The number of ether oxygens (including phenoxy) is 1. The SMILES string of the molecule is C#CCN1C(=O)COc2cc(F)c(/N=c3\snc4n3CC(C)(C)C4)cc21.Cc1ccc(S(=O)(=O)Oc2c(C(=O)c3ccc(Cl)cc3Cl)c(C)nn2C)cc1. The van der Waals surface area contributed by atoms with E-state index in [1.165, 1.54) is 70.6 Å². The van der Waals surface area contributed by atoms with Gasteiger partial charge in [0, 0.05) is 48.2 Å². The van der Waals surface area contributed by atoms with E-state index in [-0.39, 0.29) is 57.1 Å². The van der Waals surface area contributed by atoms with Crippen molar-refractivity contribution in [1.82, 2.24) is 18.7 Å². The number of aryl methyl sites for hydroxylation is 3. The van der Waals surface area contributed by atoms with Crippen molar-refractivity contribution in [3.63, 3.8) is 0 Å². The van der Waals surface area contributed by atoms with E-state index < -0.39 is 21.7 Å². The van der Waals surface area contributed by atoms with Crippen molar-refractivity contribution < 1.29 is 31.3 Å². The van der Waals surface area contributed by atoms with Crippen LogP contribution in [0.25, 0.3) is 0 Å². The maximum atomic E-state index is 14.5. The first-order chi connectivity index (χ1) is 25.5. The van der Waals surface area contributed by atoms with Crippen LogP contribution in [-0.4, -0.2) is 52.0 Å². The molecular weight excluding hydrogens is 778 g/mol. The zero-order valence-electron chi connectivity index (χ0n) is 29.7. The van der Waals surface area contributed by atoms with Crippen molar-refractivity contribution in [2.75, 3.05) is 18.1 Å². The summed E-state index contributed by atoms with van der Waals surface area (Å²) in [5.74, 6) is 2.22. The number of fused-ring (bicyclic) bond motifs is 2. The number of amides is 1. The molecule has 0 saturated heterocycles. The number of halogens is 3. The second kappa shape index (κ2) is 15.0. The molecule has 5 aromatic rings. The van der Waals surface area contributed by atoms with E-state index in [4.69, 9.17) is 38.5 Å². The van der Waals surface area contributed by atoms with E-state index in [9.17, 15) is 22.4 Å². The minimum absolute atomic E-state index is 0.0161. The molecule has 4 heterocycles.